The minimum atomic E-state index is -3.89. The maximum Gasteiger partial charge on any atom is 0.409 e. The van der Waals surface area contributed by atoms with E-state index in [-0.39, 0.29) is 25.9 Å². The first-order chi connectivity index (χ1) is 11.3. The van der Waals surface area contributed by atoms with Crippen molar-refractivity contribution in [3.63, 3.8) is 0 Å². The zero-order chi connectivity index (χ0) is 17.8. The summed E-state index contributed by atoms with van der Waals surface area (Å²) in [6, 6.07) is 0. The number of aliphatic hydroxyl groups is 1. The Balaban J connectivity index is 1.82. The first kappa shape index (κ1) is 18.9. The highest BCUT2D eigenvalue weighted by Gasteiger charge is 2.59. The van der Waals surface area contributed by atoms with Crippen LogP contribution in [0.25, 0.3) is 0 Å². The number of piperidine rings is 1. The molecule has 2 amide bonds. The molecule has 0 bridgehead atoms. The lowest BCUT2D eigenvalue weighted by Gasteiger charge is -2.41. The van der Waals surface area contributed by atoms with Crippen molar-refractivity contribution in [2.75, 3.05) is 26.7 Å². The summed E-state index contributed by atoms with van der Waals surface area (Å²) in [6.45, 7) is 0.229. The number of halogens is 2. The number of rotatable bonds is 4. The molecule has 138 valence electrons. The van der Waals surface area contributed by atoms with Crippen LogP contribution in [-0.2, 0) is 9.53 Å². The second kappa shape index (κ2) is 7.63. The van der Waals surface area contributed by atoms with Crippen LogP contribution in [0.15, 0.2) is 0 Å². The zero-order valence-corrected chi connectivity index (χ0v) is 14.0. The first-order valence-electron chi connectivity index (χ1n) is 8.54. The van der Waals surface area contributed by atoms with Crippen LogP contribution in [-0.4, -0.2) is 60.3 Å². The number of amides is 2. The van der Waals surface area contributed by atoms with E-state index in [1.54, 1.807) is 0 Å². The number of hydrogen-bond acceptors (Lipinski definition) is 4. The number of hydrogen-bond donors (Lipinski definition) is 2. The predicted molar refractivity (Wildman–Crippen MR) is 82.7 cm³/mol. The fraction of sp³-hybridized carbons (Fsp3) is 0.875. The van der Waals surface area contributed by atoms with Crippen LogP contribution in [0, 0.1) is 5.92 Å². The number of carbonyl (C=O) groups excluding carboxylic acids is 2. The Morgan fingerprint density at radius 2 is 1.83 bits per heavy atom. The number of nitrogens with one attached hydrogen (secondary N) is 1. The largest absolute Gasteiger partial charge is 0.449 e. The van der Waals surface area contributed by atoms with Gasteiger partial charge >= 0.3 is 12.0 Å². The molecular weight excluding hydrogens is 322 g/mol. The van der Waals surface area contributed by atoms with E-state index >= 15 is 0 Å². The summed E-state index contributed by atoms with van der Waals surface area (Å²) in [5, 5.41) is 12.0. The summed E-state index contributed by atoms with van der Waals surface area (Å²) >= 11 is 0. The summed E-state index contributed by atoms with van der Waals surface area (Å²) < 4.78 is 33.3. The third-order valence-electron chi connectivity index (χ3n) is 5.11. The van der Waals surface area contributed by atoms with Gasteiger partial charge in [0.2, 0.25) is 0 Å². The van der Waals surface area contributed by atoms with E-state index in [0.29, 0.717) is 12.5 Å². The number of likely N-dealkylation sites (tertiary alicyclic amines) is 1. The highest BCUT2D eigenvalue weighted by Crippen LogP contribution is 2.37. The molecule has 2 aliphatic rings. The number of carbonyl (C=O) groups is 2. The highest BCUT2D eigenvalue weighted by molar-refractivity contribution is 5.84. The molecule has 24 heavy (non-hydrogen) atoms. The van der Waals surface area contributed by atoms with Crippen LogP contribution in [0.5, 0.6) is 0 Å². The van der Waals surface area contributed by atoms with E-state index in [2.05, 4.69) is 0 Å². The molecule has 1 aliphatic heterocycles. The number of alkyl halides is 2. The molecule has 6 nitrogen and oxygen atoms in total. The van der Waals surface area contributed by atoms with Crippen molar-refractivity contribution in [2.45, 2.75) is 56.5 Å². The SMILES string of the molecule is CNC(=O)C(F)(F)C1(O)CCN(C(=O)OCC2CCCCC2)CC1. The third kappa shape index (κ3) is 3.96. The minimum absolute atomic E-state index is 0.0629. The Hall–Kier alpha value is -1.44. The van der Waals surface area contributed by atoms with Gasteiger partial charge in [0.05, 0.1) is 6.61 Å². The van der Waals surface area contributed by atoms with E-state index in [4.69, 9.17) is 4.74 Å². The lowest BCUT2D eigenvalue weighted by atomic mass is 9.84. The fourth-order valence-corrected chi connectivity index (χ4v) is 3.38. The molecule has 0 radical (unpaired) electrons. The van der Waals surface area contributed by atoms with Crippen LogP contribution in [0.2, 0.25) is 0 Å². The Labute approximate surface area is 140 Å². The van der Waals surface area contributed by atoms with E-state index in [1.165, 1.54) is 11.3 Å². The monoisotopic (exact) mass is 348 g/mol. The summed E-state index contributed by atoms with van der Waals surface area (Å²) in [5.41, 5.74) is -2.44. The smallest absolute Gasteiger partial charge is 0.409 e. The molecule has 0 atom stereocenters. The highest BCUT2D eigenvalue weighted by atomic mass is 19.3. The second-order valence-electron chi connectivity index (χ2n) is 6.75. The van der Waals surface area contributed by atoms with Gasteiger partial charge in [-0.15, -0.1) is 0 Å². The van der Waals surface area contributed by atoms with Crippen molar-refractivity contribution in [2.24, 2.45) is 5.92 Å². The number of ether oxygens (including phenoxy) is 1. The van der Waals surface area contributed by atoms with Gasteiger partial charge in [-0.1, -0.05) is 19.3 Å². The van der Waals surface area contributed by atoms with Crippen LogP contribution in [0.4, 0.5) is 13.6 Å². The van der Waals surface area contributed by atoms with Crippen molar-refractivity contribution in [1.82, 2.24) is 10.2 Å². The molecule has 0 spiro atoms. The van der Waals surface area contributed by atoms with E-state index in [1.807, 2.05) is 5.32 Å². The Kier molecular flexibility index (Phi) is 6.01. The van der Waals surface area contributed by atoms with Crippen molar-refractivity contribution in [3.8, 4) is 0 Å². The predicted octanol–water partition coefficient (Wildman–Crippen LogP) is 1.91. The quantitative estimate of drug-likeness (QED) is 0.813. The van der Waals surface area contributed by atoms with Crippen LogP contribution < -0.4 is 5.32 Å². The van der Waals surface area contributed by atoms with E-state index < -0.39 is 23.5 Å². The van der Waals surface area contributed by atoms with Gasteiger partial charge in [0.15, 0.2) is 0 Å². The molecule has 2 fully saturated rings. The second-order valence-corrected chi connectivity index (χ2v) is 6.75. The maximum absolute atomic E-state index is 14.0. The fourth-order valence-electron chi connectivity index (χ4n) is 3.38. The van der Waals surface area contributed by atoms with Crippen LogP contribution in [0.1, 0.15) is 44.9 Å². The normalized spacial score (nSPS) is 22.1. The van der Waals surface area contributed by atoms with Gasteiger partial charge in [-0.25, -0.2) is 4.79 Å². The molecule has 0 aromatic heterocycles. The third-order valence-corrected chi connectivity index (χ3v) is 5.11. The summed E-state index contributed by atoms with van der Waals surface area (Å²) in [7, 11) is 1.09. The average molecular weight is 348 g/mol. The molecule has 0 aromatic rings. The Bertz CT molecular complexity index is 459. The molecule has 0 unspecified atom stereocenters. The van der Waals surface area contributed by atoms with Gasteiger partial charge in [0, 0.05) is 33.0 Å². The van der Waals surface area contributed by atoms with Gasteiger partial charge in [0.25, 0.3) is 5.91 Å². The average Bonchev–Trinajstić information content (AvgIpc) is 2.60. The molecule has 1 saturated carbocycles. The lowest BCUT2D eigenvalue weighted by Crippen LogP contribution is -2.61. The van der Waals surface area contributed by atoms with Crippen molar-refractivity contribution in [3.05, 3.63) is 0 Å². The molecule has 1 saturated heterocycles. The Morgan fingerprint density at radius 3 is 2.38 bits per heavy atom. The zero-order valence-electron chi connectivity index (χ0n) is 14.0. The van der Waals surface area contributed by atoms with Gasteiger partial charge in [0.1, 0.15) is 5.60 Å². The first-order valence-corrected chi connectivity index (χ1v) is 8.54. The summed E-state index contributed by atoms with van der Waals surface area (Å²) in [4.78, 5) is 24.7. The topological polar surface area (TPSA) is 78.9 Å². The molecule has 1 heterocycles. The van der Waals surface area contributed by atoms with Crippen molar-refractivity contribution >= 4 is 12.0 Å². The van der Waals surface area contributed by atoms with Crippen molar-refractivity contribution < 1.29 is 28.2 Å². The van der Waals surface area contributed by atoms with Gasteiger partial charge in [-0.05, 0) is 18.8 Å². The van der Waals surface area contributed by atoms with Gasteiger partial charge in [-0.3, -0.25) is 4.79 Å². The van der Waals surface area contributed by atoms with E-state index in [9.17, 15) is 23.5 Å². The van der Waals surface area contributed by atoms with Crippen LogP contribution in [0.3, 0.4) is 0 Å². The maximum atomic E-state index is 14.0. The summed E-state index contributed by atoms with van der Waals surface area (Å²) in [5.74, 6) is -5.03. The minimum Gasteiger partial charge on any atom is -0.449 e. The molecule has 8 heteroatoms. The van der Waals surface area contributed by atoms with Crippen LogP contribution >= 0.6 is 0 Å². The lowest BCUT2D eigenvalue weighted by molar-refractivity contribution is -0.203. The molecule has 2 N–H and O–H groups in total. The number of nitrogens with zero attached hydrogens (tertiary/aromatic N) is 1. The standard InChI is InChI=1S/C16H26F2N2O4/c1-19-13(21)16(17,18)15(23)7-9-20(10-8-15)14(22)24-11-12-5-3-2-4-6-12/h12,23H,2-11H2,1H3,(H,19,21). The van der Waals surface area contributed by atoms with Gasteiger partial charge in [-0.2, -0.15) is 8.78 Å². The van der Waals surface area contributed by atoms with Gasteiger partial charge < -0.3 is 20.1 Å². The summed E-state index contributed by atoms with van der Waals surface area (Å²) in [6.07, 6.45) is 4.33. The van der Waals surface area contributed by atoms with Crippen molar-refractivity contribution in [1.29, 1.82) is 0 Å². The molecule has 0 aromatic carbocycles. The molecule has 2 rings (SSSR count). The molecular formula is C16H26F2N2O4. The Morgan fingerprint density at radius 1 is 1.25 bits per heavy atom. The molecule has 1 aliphatic carbocycles. The van der Waals surface area contributed by atoms with E-state index in [0.717, 1.165) is 32.7 Å².